The fraction of sp³-hybridized carbons (Fsp3) is 0.280. The zero-order valence-electron chi connectivity index (χ0n) is 16.3. The first-order chi connectivity index (χ1) is 13.8. The van der Waals surface area contributed by atoms with E-state index in [4.69, 9.17) is 9.47 Å². The van der Waals surface area contributed by atoms with Gasteiger partial charge in [0, 0.05) is 6.54 Å². The smallest absolute Gasteiger partial charge is 0.104 e. The summed E-state index contributed by atoms with van der Waals surface area (Å²) in [5.41, 5.74) is 3.37. The van der Waals surface area contributed by atoms with Gasteiger partial charge in [0.1, 0.15) is 6.10 Å². The van der Waals surface area contributed by atoms with Crippen molar-refractivity contribution < 1.29 is 9.47 Å². The summed E-state index contributed by atoms with van der Waals surface area (Å²) >= 11 is 0. The van der Waals surface area contributed by atoms with Gasteiger partial charge in [-0.2, -0.15) is 0 Å². The van der Waals surface area contributed by atoms with Gasteiger partial charge in [-0.05, 0) is 23.7 Å². The predicted molar refractivity (Wildman–Crippen MR) is 112 cm³/mol. The number of hydrogen-bond acceptors (Lipinski definition) is 3. The van der Waals surface area contributed by atoms with Gasteiger partial charge in [-0.1, -0.05) is 91.0 Å². The molecule has 1 unspecified atom stereocenters. The molecule has 4 rings (SSSR count). The Hall–Kier alpha value is -2.46. The fourth-order valence-corrected chi connectivity index (χ4v) is 3.95. The minimum absolute atomic E-state index is 0.299. The summed E-state index contributed by atoms with van der Waals surface area (Å²) in [6.07, 6.45) is 0.299. The Morgan fingerprint density at radius 2 is 1.25 bits per heavy atom. The maximum absolute atomic E-state index is 5.86. The molecule has 0 aliphatic carbocycles. The molecule has 3 aromatic carbocycles. The SMILES string of the molecule is CN(CCOCC1CO1)C(c1ccccc1)(c1ccccc1)c1ccccc1. The zero-order valence-corrected chi connectivity index (χ0v) is 16.3. The number of ether oxygens (including phenoxy) is 2. The van der Waals surface area contributed by atoms with Gasteiger partial charge in [-0.25, -0.2) is 0 Å². The molecule has 0 amide bonds. The maximum atomic E-state index is 5.86. The monoisotopic (exact) mass is 373 g/mol. The van der Waals surface area contributed by atoms with Crippen LogP contribution in [0.3, 0.4) is 0 Å². The van der Waals surface area contributed by atoms with E-state index in [0.29, 0.717) is 19.3 Å². The molecule has 1 heterocycles. The second kappa shape index (κ2) is 8.70. The highest BCUT2D eigenvalue weighted by molar-refractivity contribution is 5.49. The van der Waals surface area contributed by atoms with Gasteiger partial charge in [0.15, 0.2) is 0 Å². The van der Waals surface area contributed by atoms with Crippen LogP contribution in [0.4, 0.5) is 0 Å². The molecular weight excluding hydrogens is 346 g/mol. The lowest BCUT2D eigenvalue weighted by Crippen LogP contribution is -2.47. The first-order valence-electron chi connectivity index (χ1n) is 9.89. The van der Waals surface area contributed by atoms with Gasteiger partial charge in [0.25, 0.3) is 0 Å². The van der Waals surface area contributed by atoms with Crippen molar-refractivity contribution >= 4 is 0 Å². The molecule has 1 aliphatic rings. The summed E-state index contributed by atoms with van der Waals surface area (Å²) in [6, 6.07) is 32.2. The molecule has 1 aliphatic heterocycles. The fourth-order valence-electron chi connectivity index (χ4n) is 3.95. The molecule has 0 bridgehead atoms. The lowest BCUT2D eigenvalue weighted by molar-refractivity contribution is 0.0776. The minimum Gasteiger partial charge on any atom is -0.377 e. The Balaban J connectivity index is 1.76. The second-order valence-electron chi connectivity index (χ2n) is 7.26. The van der Waals surface area contributed by atoms with E-state index in [1.807, 2.05) is 0 Å². The van der Waals surface area contributed by atoms with Crippen LogP contribution < -0.4 is 0 Å². The molecule has 0 N–H and O–H groups in total. The van der Waals surface area contributed by atoms with E-state index in [1.165, 1.54) is 16.7 Å². The van der Waals surface area contributed by atoms with E-state index in [0.717, 1.165) is 13.2 Å². The van der Waals surface area contributed by atoms with Crippen LogP contribution in [-0.2, 0) is 15.0 Å². The molecular formula is C25H27NO2. The summed E-state index contributed by atoms with van der Waals surface area (Å²) < 4.78 is 11.1. The molecule has 3 aromatic rings. The van der Waals surface area contributed by atoms with Crippen molar-refractivity contribution in [2.75, 3.05) is 33.4 Å². The van der Waals surface area contributed by atoms with Gasteiger partial charge in [0.2, 0.25) is 0 Å². The summed E-state index contributed by atoms with van der Waals surface area (Å²) in [7, 11) is 2.18. The van der Waals surface area contributed by atoms with E-state index < -0.39 is 0 Å². The quantitative estimate of drug-likeness (QED) is 0.317. The third-order valence-corrected chi connectivity index (χ3v) is 5.42. The molecule has 144 valence electrons. The van der Waals surface area contributed by atoms with Crippen LogP contribution >= 0.6 is 0 Å². The lowest BCUT2D eigenvalue weighted by Gasteiger charge is -2.43. The molecule has 3 nitrogen and oxygen atoms in total. The first-order valence-corrected chi connectivity index (χ1v) is 9.89. The van der Waals surface area contributed by atoms with Gasteiger partial charge in [0.05, 0.1) is 25.4 Å². The van der Waals surface area contributed by atoms with Crippen molar-refractivity contribution in [2.45, 2.75) is 11.6 Å². The number of epoxide rings is 1. The topological polar surface area (TPSA) is 25.0 Å². The molecule has 1 fully saturated rings. The Kier molecular flexibility index (Phi) is 5.87. The normalized spacial score (nSPS) is 16.3. The van der Waals surface area contributed by atoms with E-state index >= 15 is 0 Å². The number of likely N-dealkylation sites (N-methyl/N-ethyl adjacent to an activating group) is 1. The van der Waals surface area contributed by atoms with E-state index in [9.17, 15) is 0 Å². The van der Waals surface area contributed by atoms with Gasteiger partial charge >= 0.3 is 0 Å². The van der Waals surface area contributed by atoms with Crippen molar-refractivity contribution in [3.63, 3.8) is 0 Å². The number of hydrogen-bond donors (Lipinski definition) is 0. The van der Waals surface area contributed by atoms with E-state index in [-0.39, 0.29) is 5.54 Å². The van der Waals surface area contributed by atoms with Crippen molar-refractivity contribution in [3.05, 3.63) is 108 Å². The minimum atomic E-state index is -0.386. The van der Waals surface area contributed by atoms with Crippen LogP contribution in [-0.4, -0.2) is 44.4 Å². The van der Waals surface area contributed by atoms with Crippen molar-refractivity contribution in [3.8, 4) is 0 Å². The van der Waals surface area contributed by atoms with E-state index in [1.54, 1.807) is 0 Å². The molecule has 28 heavy (non-hydrogen) atoms. The Labute approximate surface area is 167 Å². The Morgan fingerprint density at radius 3 is 1.64 bits per heavy atom. The Bertz CT molecular complexity index is 751. The number of rotatable bonds is 9. The molecule has 1 atom stereocenters. The zero-order chi connectivity index (χ0) is 19.2. The first kappa shape index (κ1) is 18.9. The van der Waals surface area contributed by atoms with Crippen molar-refractivity contribution in [1.82, 2.24) is 4.90 Å². The molecule has 0 saturated carbocycles. The molecule has 1 saturated heterocycles. The van der Waals surface area contributed by atoms with Gasteiger partial charge in [-0.3, -0.25) is 4.90 Å². The number of nitrogens with zero attached hydrogens (tertiary/aromatic N) is 1. The predicted octanol–water partition coefficient (Wildman–Crippen LogP) is 4.33. The lowest BCUT2D eigenvalue weighted by atomic mass is 9.76. The summed E-state index contributed by atoms with van der Waals surface area (Å²) in [5, 5.41) is 0. The third kappa shape index (κ3) is 3.88. The molecule has 3 heteroatoms. The maximum Gasteiger partial charge on any atom is 0.104 e. The van der Waals surface area contributed by atoms with E-state index in [2.05, 4.69) is 103 Å². The van der Waals surface area contributed by atoms with Crippen molar-refractivity contribution in [2.24, 2.45) is 0 Å². The average Bonchev–Trinajstić information content (AvgIpc) is 3.59. The third-order valence-electron chi connectivity index (χ3n) is 5.42. The standard InChI is InChI=1S/C25H27NO2/c1-26(17-18-27-19-24-20-28-24)25(21-11-5-2-6-12-21,22-13-7-3-8-14-22)23-15-9-4-10-16-23/h2-16,24H,17-20H2,1H3. The summed E-state index contributed by atoms with van der Waals surface area (Å²) in [6.45, 7) is 3.00. The summed E-state index contributed by atoms with van der Waals surface area (Å²) in [5.74, 6) is 0. The van der Waals surface area contributed by atoms with Crippen LogP contribution in [0.25, 0.3) is 0 Å². The average molecular weight is 373 g/mol. The summed E-state index contributed by atoms with van der Waals surface area (Å²) in [4.78, 5) is 2.40. The van der Waals surface area contributed by atoms with Crippen LogP contribution in [0.2, 0.25) is 0 Å². The van der Waals surface area contributed by atoms with Crippen LogP contribution in [0, 0.1) is 0 Å². The van der Waals surface area contributed by atoms with Crippen LogP contribution in [0.1, 0.15) is 16.7 Å². The highest BCUT2D eigenvalue weighted by atomic mass is 16.6. The molecule has 0 spiro atoms. The Morgan fingerprint density at radius 1 is 0.821 bits per heavy atom. The molecule has 0 aromatic heterocycles. The van der Waals surface area contributed by atoms with Gasteiger partial charge in [-0.15, -0.1) is 0 Å². The highest BCUT2D eigenvalue weighted by Crippen LogP contribution is 2.41. The highest BCUT2D eigenvalue weighted by Gasteiger charge is 2.40. The molecule has 0 radical (unpaired) electrons. The second-order valence-corrected chi connectivity index (χ2v) is 7.26. The number of benzene rings is 3. The van der Waals surface area contributed by atoms with Gasteiger partial charge < -0.3 is 9.47 Å². The van der Waals surface area contributed by atoms with Crippen LogP contribution in [0.15, 0.2) is 91.0 Å². The van der Waals surface area contributed by atoms with Crippen molar-refractivity contribution in [1.29, 1.82) is 0 Å². The van der Waals surface area contributed by atoms with Crippen LogP contribution in [0.5, 0.6) is 0 Å². The largest absolute Gasteiger partial charge is 0.377 e.